The van der Waals surface area contributed by atoms with Crippen LogP contribution in [0.4, 0.5) is 10.5 Å². The third-order valence-corrected chi connectivity index (χ3v) is 4.49. The second-order valence-corrected chi connectivity index (χ2v) is 6.53. The molecule has 0 aliphatic heterocycles. The first-order valence-corrected chi connectivity index (χ1v) is 9.72. The highest BCUT2D eigenvalue weighted by Crippen LogP contribution is 2.30. The van der Waals surface area contributed by atoms with E-state index < -0.39 is 6.09 Å². The van der Waals surface area contributed by atoms with Gasteiger partial charge in [-0.1, -0.05) is 41.5 Å². The smallest absolute Gasteiger partial charge is 0.407 e. The number of anilines is 1. The van der Waals surface area contributed by atoms with E-state index in [1.54, 1.807) is 0 Å². The number of carbonyl (C=O) groups excluding carboxylic acids is 1. The average molecular weight is 392 g/mol. The number of fused-ring (bicyclic) bond motifs is 2. The zero-order chi connectivity index (χ0) is 20.3. The summed E-state index contributed by atoms with van der Waals surface area (Å²) in [6, 6.07) is 16.3. The quantitative estimate of drug-likeness (QED) is 0.166. The van der Waals surface area contributed by atoms with Crippen molar-refractivity contribution in [3.8, 4) is 0 Å². The number of azide groups is 1. The van der Waals surface area contributed by atoms with Crippen molar-refractivity contribution < 1.29 is 9.53 Å². The fourth-order valence-electron chi connectivity index (χ4n) is 3.12. The van der Waals surface area contributed by atoms with Gasteiger partial charge in [-0.2, -0.15) is 0 Å². The molecule has 0 spiro atoms. The van der Waals surface area contributed by atoms with Crippen molar-refractivity contribution in [1.82, 2.24) is 10.3 Å². The standard InChI is InChI=1S/C21H24N6O2/c22-27-25-14-13-24-21(28)29-15-7-1-6-12-23-20-16-8-2-4-10-18(16)26-19-11-5-3-9-17(19)20/h2-5,8-11H,1,6-7,12-15H2,(H,23,26)(H,24,28). The van der Waals surface area contributed by atoms with E-state index in [0.717, 1.165) is 53.3 Å². The zero-order valence-electron chi connectivity index (χ0n) is 16.2. The van der Waals surface area contributed by atoms with Gasteiger partial charge in [-0.15, -0.1) is 0 Å². The van der Waals surface area contributed by atoms with Gasteiger partial charge in [-0.3, -0.25) is 0 Å². The Morgan fingerprint density at radius 1 is 1.00 bits per heavy atom. The van der Waals surface area contributed by atoms with Crippen LogP contribution in [0.25, 0.3) is 32.2 Å². The molecule has 2 N–H and O–H groups in total. The number of alkyl carbamates (subject to hydrolysis) is 1. The molecule has 2 aromatic carbocycles. The number of benzene rings is 2. The van der Waals surface area contributed by atoms with Gasteiger partial charge in [0.25, 0.3) is 0 Å². The van der Waals surface area contributed by atoms with E-state index in [-0.39, 0.29) is 13.1 Å². The molecule has 1 heterocycles. The first kappa shape index (κ1) is 20.2. The van der Waals surface area contributed by atoms with Crippen molar-refractivity contribution in [1.29, 1.82) is 0 Å². The number of aromatic nitrogens is 1. The summed E-state index contributed by atoms with van der Waals surface area (Å²) in [5, 5.41) is 11.7. The van der Waals surface area contributed by atoms with Crippen molar-refractivity contribution in [2.75, 3.05) is 31.6 Å². The molecular formula is C21H24N6O2. The normalized spacial score (nSPS) is 10.5. The predicted molar refractivity (Wildman–Crippen MR) is 115 cm³/mol. The first-order valence-electron chi connectivity index (χ1n) is 9.72. The first-order chi connectivity index (χ1) is 14.3. The minimum Gasteiger partial charge on any atom is -0.450 e. The molecule has 1 aromatic heterocycles. The Balaban J connectivity index is 1.44. The third kappa shape index (κ3) is 5.73. The molecule has 150 valence electrons. The Morgan fingerprint density at radius 2 is 1.69 bits per heavy atom. The number of rotatable bonds is 10. The molecule has 8 heteroatoms. The fourth-order valence-corrected chi connectivity index (χ4v) is 3.12. The number of hydrogen-bond donors (Lipinski definition) is 2. The molecule has 0 aliphatic carbocycles. The van der Waals surface area contributed by atoms with Gasteiger partial charge in [0, 0.05) is 35.3 Å². The van der Waals surface area contributed by atoms with Crippen LogP contribution in [0.15, 0.2) is 53.6 Å². The lowest BCUT2D eigenvalue weighted by atomic mass is 10.1. The largest absolute Gasteiger partial charge is 0.450 e. The van der Waals surface area contributed by atoms with Crippen LogP contribution in [0, 0.1) is 0 Å². The van der Waals surface area contributed by atoms with Gasteiger partial charge < -0.3 is 15.4 Å². The highest BCUT2D eigenvalue weighted by atomic mass is 16.5. The molecule has 0 unspecified atom stereocenters. The van der Waals surface area contributed by atoms with Crippen LogP contribution >= 0.6 is 0 Å². The summed E-state index contributed by atoms with van der Waals surface area (Å²) >= 11 is 0. The lowest BCUT2D eigenvalue weighted by Crippen LogP contribution is -2.27. The second-order valence-electron chi connectivity index (χ2n) is 6.53. The molecule has 0 saturated heterocycles. The van der Waals surface area contributed by atoms with Crippen molar-refractivity contribution in [2.24, 2.45) is 5.11 Å². The predicted octanol–water partition coefficient (Wildman–Crippen LogP) is 5.01. The molecule has 3 aromatic rings. The van der Waals surface area contributed by atoms with Crippen LogP contribution in [-0.4, -0.2) is 37.3 Å². The molecule has 29 heavy (non-hydrogen) atoms. The molecule has 1 amide bonds. The molecule has 0 radical (unpaired) electrons. The van der Waals surface area contributed by atoms with Crippen LogP contribution in [0.2, 0.25) is 0 Å². The SMILES string of the molecule is [N-]=[N+]=NCCNC(=O)OCCCCCNc1c2ccccc2nc2ccccc12. The number of para-hydroxylation sites is 2. The van der Waals surface area contributed by atoms with Gasteiger partial charge in [0.1, 0.15) is 0 Å². The fraction of sp³-hybridized carbons (Fsp3) is 0.333. The lowest BCUT2D eigenvalue weighted by Gasteiger charge is -2.13. The van der Waals surface area contributed by atoms with E-state index in [1.807, 2.05) is 36.4 Å². The number of pyridine rings is 1. The summed E-state index contributed by atoms with van der Waals surface area (Å²) in [6.45, 7) is 1.70. The van der Waals surface area contributed by atoms with Gasteiger partial charge in [0.15, 0.2) is 0 Å². The van der Waals surface area contributed by atoms with Crippen molar-refractivity contribution in [3.05, 3.63) is 59.0 Å². The van der Waals surface area contributed by atoms with Gasteiger partial charge in [-0.05, 0) is 36.9 Å². The van der Waals surface area contributed by atoms with Gasteiger partial charge in [0.05, 0.1) is 23.3 Å². The van der Waals surface area contributed by atoms with Crippen LogP contribution in [0.1, 0.15) is 19.3 Å². The number of unbranched alkanes of at least 4 members (excludes halogenated alkanes) is 2. The number of nitrogens with zero attached hydrogens (tertiary/aromatic N) is 4. The molecule has 8 nitrogen and oxygen atoms in total. The van der Waals surface area contributed by atoms with Crippen molar-refractivity contribution in [2.45, 2.75) is 19.3 Å². The minimum absolute atomic E-state index is 0.218. The van der Waals surface area contributed by atoms with E-state index in [9.17, 15) is 4.79 Å². The van der Waals surface area contributed by atoms with Crippen molar-refractivity contribution in [3.63, 3.8) is 0 Å². The highest BCUT2D eigenvalue weighted by molar-refractivity contribution is 6.07. The van der Waals surface area contributed by atoms with Gasteiger partial charge in [0.2, 0.25) is 0 Å². The van der Waals surface area contributed by atoms with E-state index in [2.05, 4.69) is 32.8 Å². The molecule has 0 saturated carbocycles. The van der Waals surface area contributed by atoms with Gasteiger partial charge in [-0.25, -0.2) is 9.78 Å². The Labute approximate surface area is 168 Å². The van der Waals surface area contributed by atoms with Crippen LogP contribution < -0.4 is 10.6 Å². The van der Waals surface area contributed by atoms with Crippen molar-refractivity contribution >= 4 is 33.6 Å². The molecule has 0 fully saturated rings. The van der Waals surface area contributed by atoms with Crippen LogP contribution in [-0.2, 0) is 4.74 Å². The third-order valence-electron chi connectivity index (χ3n) is 4.49. The van der Waals surface area contributed by atoms with E-state index in [4.69, 9.17) is 15.3 Å². The van der Waals surface area contributed by atoms with Crippen LogP contribution in [0.5, 0.6) is 0 Å². The summed E-state index contributed by atoms with van der Waals surface area (Å²) in [6.07, 6.45) is 2.22. The Morgan fingerprint density at radius 3 is 2.38 bits per heavy atom. The van der Waals surface area contributed by atoms with E-state index >= 15 is 0 Å². The molecular weight excluding hydrogens is 368 g/mol. The van der Waals surface area contributed by atoms with E-state index in [1.165, 1.54) is 0 Å². The average Bonchev–Trinajstić information content (AvgIpc) is 2.75. The molecule has 0 bridgehead atoms. The van der Waals surface area contributed by atoms with Crippen LogP contribution in [0.3, 0.4) is 0 Å². The maximum Gasteiger partial charge on any atom is 0.407 e. The number of hydrogen-bond acceptors (Lipinski definition) is 5. The monoisotopic (exact) mass is 392 g/mol. The number of carbonyl (C=O) groups is 1. The van der Waals surface area contributed by atoms with E-state index in [0.29, 0.717) is 6.61 Å². The molecule has 0 aliphatic rings. The minimum atomic E-state index is -0.481. The highest BCUT2D eigenvalue weighted by Gasteiger charge is 2.08. The van der Waals surface area contributed by atoms with Gasteiger partial charge >= 0.3 is 6.09 Å². The summed E-state index contributed by atoms with van der Waals surface area (Å²) < 4.78 is 5.09. The Hall–Kier alpha value is -3.51. The summed E-state index contributed by atoms with van der Waals surface area (Å²) in [5.74, 6) is 0. The Kier molecular flexibility index (Phi) is 7.48. The summed E-state index contributed by atoms with van der Waals surface area (Å²) in [4.78, 5) is 18.8. The maximum atomic E-state index is 11.4. The molecule has 3 rings (SSSR count). The Bertz CT molecular complexity index is 962. The number of nitrogens with one attached hydrogen (secondary N) is 2. The number of ether oxygens (including phenoxy) is 1. The second kappa shape index (κ2) is 10.7. The lowest BCUT2D eigenvalue weighted by molar-refractivity contribution is 0.144. The molecule has 0 atom stereocenters. The number of amides is 1. The zero-order valence-corrected chi connectivity index (χ0v) is 16.2. The summed E-state index contributed by atoms with van der Waals surface area (Å²) in [7, 11) is 0. The topological polar surface area (TPSA) is 112 Å². The maximum absolute atomic E-state index is 11.4. The summed E-state index contributed by atoms with van der Waals surface area (Å²) in [5.41, 5.74) is 11.2.